The smallest absolute Gasteiger partial charge is 0.266 e. The average Bonchev–Trinajstić information content (AvgIpc) is 2.96. The number of carbonyl (C=O) groups is 1. The van der Waals surface area contributed by atoms with Crippen LogP contribution in [0.3, 0.4) is 0 Å². The van der Waals surface area contributed by atoms with Crippen LogP contribution in [0.1, 0.15) is 45.3 Å². The number of carbonyl (C=O) groups excluding carboxylic acids is 1. The highest BCUT2D eigenvalue weighted by Gasteiger charge is 2.30. The second kappa shape index (κ2) is 10.1. The Morgan fingerprint density at radius 2 is 2.24 bits per heavy atom. The molecule has 1 N–H and O–H groups in total. The van der Waals surface area contributed by atoms with Crippen LogP contribution in [0.4, 0.5) is 0 Å². The zero-order valence-electron chi connectivity index (χ0n) is 14.4. The van der Waals surface area contributed by atoms with Gasteiger partial charge in [-0.25, -0.2) is 4.98 Å². The normalized spacial score (nSPS) is 16.7. The van der Waals surface area contributed by atoms with Crippen molar-refractivity contribution < 1.29 is 4.79 Å². The summed E-state index contributed by atoms with van der Waals surface area (Å²) < 4.78 is 0. The van der Waals surface area contributed by atoms with E-state index in [1.807, 2.05) is 30.2 Å². The van der Waals surface area contributed by atoms with Gasteiger partial charge in [-0.15, -0.1) is 36.2 Å². The lowest BCUT2D eigenvalue weighted by Crippen LogP contribution is -2.48. The molecule has 2 aromatic heterocycles. The first-order valence-electron chi connectivity index (χ1n) is 8.08. The van der Waals surface area contributed by atoms with E-state index >= 15 is 0 Å². The van der Waals surface area contributed by atoms with Gasteiger partial charge in [0.15, 0.2) is 0 Å². The van der Waals surface area contributed by atoms with E-state index in [-0.39, 0.29) is 36.8 Å². The molecule has 0 aromatic carbocycles. The van der Waals surface area contributed by atoms with Crippen LogP contribution in [0.15, 0.2) is 24.5 Å². The highest BCUT2D eigenvalue weighted by molar-refractivity contribution is 7.13. The van der Waals surface area contributed by atoms with E-state index in [2.05, 4.69) is 22.2 Å². The molecular weight excluding hydrogens is 379 g/mol. The monoisotopic (exact) mass is 402 g/mol. The lowest BCUT2D eigenvalue weighted by molar-refractivity contribution is 0.0638. The number of aryl methyl sites for hydroxylation is 2. The maximum absolute atomic E-state index is 13.1. The van der Waals surface area contributed by atoms with Crippen LogP contribution in [-0.4, -0.2) is 40.4 Å². The average molecular weight is 403 g/mol. The molecule has 1 unspecified atom stereocenters. The fourth-order valence-electron chi connectivity index (χ4n) is 2.92. The summed E-state index contributed by atoms with van der Waals surface area (Å²) in [6, 6.07) is 3.98. The van der Waals surface area contributed by atoms with Gasteiger partial charge in [-0.3, -0.25) is 9.78 Å². The molecule has 3 rings (SSSR count). The van der Waals surface area contributed by atoms with Crippen LogP contribution in [0, 0.1) is 6.92 Å². The van der Waals surface area contributed by atoms with Crippen molar-refractivity contribution in [1.82, 2.24) is 20.2 Å². The van der Waals surface area contributed by atoms with Crippen molar-refractivity contribution in [3.63, 3.8) is 0 Å². The molecule has 1 aliphatic rings. The van der Waals surface area contributed by atoms with Gasteiger partial charge >= 0.3 is 0 Å². The number of nitrogens with zero attached hydrogens (tertiary/aromatic N) is 3. The summed E-state index contributed by atoms with van der Waals surface area (Å²) in [5.74, 6) is 0.0951. The van der Waals surface area contributed by atoms with E-state index in [4.69, 9.17) is 0 Å². The summed E-state index contributed by atoms with van der Waals surface area (Å²) in [6.45, 7) is 6.36. The first kappa shape index (κ1) is 21.8. The standard InChI is InChI=1S/C17H22N4OS.2ClH/c1-3-5-15-20-12(2)16(23-15)17(22)21-9-8-19-11-14(21)13-6-4-7-18-10-13;;/h4,6-7,10,14,19H,3,5,8-9,11H2,1-2H3;2*1H. The maximum Gasteiger partial charge on any atom is 0.266 e. The minimum absolute atomic E-state index is 0. The first-order valence-corrected chi connectivity index (χ1v) is 8.90. The zero-order valence-corrected chi connectivity index (χ0v) is 16.8. The second-order valence-electron chi connectivity index (χ2n) is 5.78. The molecule has 1 saturated heterocycles. The SMILES string of the molecule is CCCc1nc(C)c(C(=O)N2CCNCC2c2cccnc2)s1.Cl.Cl. The van der Waals surface area contributed by atoms with Crippen molar-refractivity contribution in [2.75, 3.05) is 19.6 Å². The topological polar surface area (TPSA) is 58.1 Å². The predicted molar refractivity (Wildman–Crippen MR) is 106 cm³/mol. The minimum atomic E-state index is 0. The number of halogens is 2. The molecule has 0 saturated carbocycles. The Morgan fingerprint density at radius 3 is 2.92 bits per heavy atom. The zero-order chi connectivity index (χ0) is 16.2. The van der Waals surface area contributed by atoms with Crippen molar-refractivity contribution in [3.8, 4) is 0 Å². The van der Waals surface area contributed by atoms with Gasteiger partial charge in [0.1, 0.15) is 4.88 Å². The molecule has 1 amide bonds. The number of aromatic nitrogens is 2. The largest absolute Gasteiger partial charge is 0.328 e. The van der Waals surface area contributed by atoms with Gasteiger partial charge in [0.2, 0.25) is 0 Å². The van der Waals surface area contributed by atoms with Gasteiger partial charge in [0, 0.05) is 32.0 Å². The van der Waals surface area contributed by atoms with Crippen molar-refractivity contribution >= 4 is 42.1 Å². The molecule has 0 bridgehead atoms. The number of thiazole rings is 1. The molecule has 1 fully saturated rings. The van der Waals surface area contributed by atoms with Crippen molar-refractivity contribution in [1.29, 1.82) is 0 Å². The number of piperazine rings is 1. The third-order valence-corrected chi connectivity index (χ3v) is 5.28. The molecule has 8 heteroatoms. The summed E-state index contributed by atoms with van der Waals surface area (Å²) in [6.07, 6.45) is 5.59. The summed E-state index contributed by atoms with van der Waals surface area (Å²) in [5, 5.41) is 4.43. The lowest BCUT2D eigenvalue weighted by atomic mass is 10.0. The Balaban J connectivity index is 0.00000156. The minimum Gasteiger partial charge on any atom is -0.328 e. The van der Waals surface area contributed by atoms with Gasteiger partial charge < -0.3 is 10.2 Å². The Kier molecular flexibility index (Phi) is 8.79. The maximum atomic E-state index is 13.1. The number of hydrogen-bond acceptors (Lipinski definition) is 5. The number of amides is 1. The molecule has 5 nitrogen and oxygen atoms in total. The molecular formula is C17H24Cl2N4OS. The first-order chi connectivity index (χ1) is 11.2. The fourth-order valence-corrected chi connectivity index (χ4v) is 4.04. The van der Waals surface area contributed by atoms with Gasteiger partial charge in [0.25, 0.3) is 5.91 Å². The van der Waals surface area contributed by atoms with Crippen molar-refractivity contribution in [2.24, 2.45) is 0 Å². The Morgan fingerprint density at radius 1 is 1.44 bits per heavy atom. The lowest BCUT2D eigenvalue weighted by Gasteiger charge is -2.36. The van der Waals surface area contributed by atoms with Crippen LogP contribution in [0.5, 0.6) is 0 Å². The van der Waals surface area contributed by atoms with Gasteiger partial charge in [0.05, 0.1) is 16.7 Å². The number of rotatable bonds is 4. The third-order valence-electron chi connectivity index (χ3n) is 4.07. The summed E-state index contributed by atoms with van der Waals surface area (Å²) >= 11 is 1.54. The van der Waals surface area contributed by atoms with Gasteiger partial charge in [-0.05, 0) is 31.4 Å². The number of hydrogen-bond donors (Lipinski definition) is 1. The second-order valence-corrected chi connectivity index (χ2v) is 6.86. The van der Waals surface area contributed by atoms with Crippen LogP contribution >= 0.6 is 36.2 Å². The van der Waals surface area contributed by atoms with Crippen LogP contribution in [0.2, 0.25) is 0 Å². The van der Waals surface area contributed by atoms with E-state index in [1.165, 1.54) is 0 Å². The molecule has 0 radical (unpaired) electrons. The molecule has 3 heterocycles. The Bertz CT molecular complexity index is 681. The van der Waals surface area contributed by atoms with Crippen molar-refractivity contribution in [3.05, 3.63) is 45.7 Å². The van der Waals surface area contributed by atoms with E-state index in [0.717, 1.165) is 47.1 Å². The predicted octanol–water partition coefficient (Wildman–Crippen LogP) is 3.43. The molecule has 2 aromatic rings. The van der Waals surface area contributed by atoms with Crippen LogP contribution in [-0.2, 0) is 6.42 Å². The van der Waals surface area contributed by atoms with Crippen LogP contribution in [0.25, 0.3) is 0 Å². The molecule has 25 heavy (non-hydrogen) atoms. The summed E-state index contributed by atoms with van der Waals surface area (Å²) in [7, 11) is 0. The highest BCUT2D eigenvalue weighted by Crippen LogP contribution is 2.27. The van der Waals surface area contributed by atoms with E-state index in [1.54, 1.807) is 17.5 Å². The molecule has 1 aliphatic heterocycles. The van der Waals surface area contributed by atoms with E-state index < -0.39 is 0 Å². The van der Waals surface area contributed by atoms with E-state index in [9.17, 15) is 4.79 Å². The highest BCUT2D eigenvalue weighted by atomic mass is 35.5. The van der Waals surface area contributed by atoms with E-state index in [0.29, 0.717) is 6.54 Å². The van der Waals surface area contributed by atoms with Crippen LogP contribution < -0.4 is 5.32 Å². The summed E-state index contributed by atoms with van der Waals surface area (Å²) in [4.78, 5) is 24.6. The Hall–Kier alpha value is -1.21. The van der Waals surface area contributed by atoms with Crippen molar-refractivity contribution in [2.45, 2.75) is 32.7 Å². The quantitative estimate of drug-likeness (QED) is 0.850. The molecule has 138 valence electrons. The molecule has 0 spiro atoms. The summed E-state index contributed by atoms with van der Waals surface area (Å²) in [5.41, 5.74) is 1.93. The van der Waals surface area contributed by atoms with Gasteiger partial charge in [-0.1, -0.05) is 13.0 Å². The molecule has 0 aliphatic carbocycles. The van der Waals surface area contributed by atoms with Gasteiger partial charge in [-0.2, -0.15) is 0 Å². The molecule has 1 atom stereocenters. The number of pyridine rings is 1. The third kappa shape index (κ3) is 4.91. The Labute approximate surface area is 165 Å². The fraction of sp³-hybridized carbons (Fsp3) is 0.471. The number of nitrogens with one attached hydrogen (secondary N) is 1.